The molecule has 1 atom stereocenters. The highest BCUT2D eigenvalue weighted by molar-refractivity contribution is 6.32. The molecular formula is C18H24ClN3O3. The van der Waals surface area contributed by atoms with Crippen LogP contribution in [0, 0.1) is 0 Å². The smallest absolute Gasteiger partial charge is 0.250 e. The number of hydrogen-bond acceptors (Lipinski definition) is 6. The van der Waals surface area contributed by atoms with Crippen molar-refractivity contribution in [3.63, 3.8) is 0 Å². The van der Waals surface area contributed by atoms with Crippen LogP contribution in [0.5, 0.6) is 11.5 Å². The van der Waals surface area contributed by atoms with Gasteiger partial charge in [0, 0.05) is 18.5 Å². The minimum Gasteiger partial charge on any atom is -0.493 e. The van der Waals surface area contributed by atoms with Crippen LogP contribution in [-0.4, -0.2) is 36.9 Å². The van der Waals surface area contributed by atoms with Crippen LogP contribution in [0.3, 0.4) is 0 Å². The van der Waals surface area contributed by atoms with Gasteiger partial charge in [0.2, 0.25) is 0 Å². The Labute approximate surface area is 153 Å². The highest BCUT2D eigenvalue weighted by atomic mass is 35.5. The summed E-state index contributed by atoms with van der Waals surface area (Å²) in [4.78, 5) is 4.34. The summed E-state index contributed by atoms with van der Waals surface area (Å²) < 4.78 is 16.3. The Bertz CT molecular complexity index is 716. The number of hydrogen-bond donors (Lipinski definition) is 1. The van der Waals surface area contributed by atoms with Gasteiger partial charge in [0.1, 0.15) is 0 Å². The Balaban J connectivity index is 2.14. The molecule has 25 heavy (non-hydrogen) atoms. The lowest BCUT2D eigenvalue weighted by atomic mass is 10.2. The Morgan fingerprint density at radius 2 is 2.16 bits per heavy atom. The highest BCUT2D eigenvalue weighted by Gasteiger charge is 2.11. The van der Waals surface area contributed by atoms with Crippen molar-refractivity contribution in [2.45, 2.75) is 32.7 Å². The summed E-state index contributed by atoms with van der Waals surface area (Å²) in [6, 6.07) is 3.95. The molecule has 2 aromatic rings. The van der Waals surface area contributed by atoms with Gasteiger partial charge in [0.05, 0.1) is 18.7 Å². The van der Waals surface area contributed by atoms with Gasteiger partial charge < -0.3 is 19.3 Å². The number of halogens is 1. The minimum absolute atomic E-state index is 0.285. The van der Waals surface area contributed by atoms with Crippen LogP contribution in [0.15, 0.2) is 16.7 Å². The molecule has 1 aromatic carbocycles. The summed E-state index contributed by atoms with van der Waals surface area (Å²) in [5.41, 5.74) is 0.856. The predicted molar refractivity (Wildman–Crippen MR) is 99.2 cm³/mol. The van der Waals surface area contributed by atoms with Gasteiger partial charge in [-0.05, 0) is 44.2 Å². The zero-order valence-corrected chi connectivity index (χ0v) is 15.8. The SMILES string of the molecule is CCCOc1c(Cl)cc(/C=C/c2nc(CC(C)NC)no2)cc1OC. The van der Waals surface area contributed by atoms with Gasteiger partial charge in [-0.2, -0.15) is 4.98 Å². The maximum Gasteiger partial charge on any atom is 0.250 e. The van der Waals surface area contributed by atoms with Gasteiger partial charge in [-0.3, -0.25) is 0 Å². The van der Waals surface area contributed by atoms with Crippen LogP contribution in [0.4, 0.5) is 0 Å². The number of ether oxygens (including phenoxy) is 2. The predicted octanol–water partition coefficient (Wildman–Crippen LogP) is 3.84. The summed E-state index contributed by atoms with van der Waals surface area (Å²) in [7, 11) is 3.49. The van der Waals surface area contributed by atoms with Crippen molar-refractivity contribution in [1.29, 1.82) is 0 Å². The Kier molecular flexibility index (Phi) is 7.28. The molecule has 2 rings (SSSR count). The van der Waals surface area contributed by atoms with E-state index in [-0.39, 0.29) is 6.04 Å². The standard InChI is InChI=1S/C18H24ClN3O3/c1-5-8-24-18-14(19)10-13(11-15(18)23-4)6-7-17-21-16(22-25-17)9-12(2)20-3/h6-7,10-12,20H,5,8-9H2,1-4H3/b7-6+. The zero-order valence-electron chi connectivity index (χ0n) is 15.0. The van der Waals surface area contributed by atoms with Crippen molar-refractivity contribution in [3.8, 4) is 11.5 Å². The van der Waals surface area contributed by atoms with E-state index in [4.69, 9.17) is 25.6 Å². The molecular weight excluding hydrogens is 342 g/mol. The zero-order chi connectivity index (χ0) is 18.2. The fourth-order valence-corrected chi connectivity index (χ4v) is 2.42. The number of rotatable bonds is 9. The second-order valence-electron chi connectivity index (χ2n) is 5.66. The first kappa shape index (κ1) is 19.3. The summed E-state index contributed by atoms with van der Waals surface area (Å²) in [5.74, 6) is 2.26. The Morgan fingerprint density at radius 3 is 2.84 bits per heavy atom. The van der Waals surface area contributed by atoms with Crippen molar-refractivity contribution < 1.29 is 14.0 Å². The summed E-state index contributed by atoms with van der Waals surface area (Å²) in [5, 5.41) is 7.61. The number of likely N-dealkylation sites (N-methyl/N-ethyl adjacent to an activating group) is 1. The lowest BCUT2D eigenvalue weighted by molar-refractivity contribution is 0.294. The normalized spacial score (nSPS) is 12.5. The molecule has 0 saturated heterocycles. The van der Waals surface area contributed by atoms with Crippen molar-refractivity contribution in [1.82, 2.24) is 15.5 Å². The van der Waals surface area contributed by atoms with Gasteiger partial charge in [-0.15, -0.1) is 0 Å². The van der Waals surface area contributed by atoms with Gasteiger partial charge >= 0.3 is 0 Å². The lowest BCUT2D eigenvalue weighted by Crippen LogP contribution is -2.24. The molecule has 1 unspecified atom stereocenters. The monoisotopic (exact) mass is 365 g/mol. The van der Waals surface area contributed by atoms with Gasteiger partial charge in [0.25, 0.3) is 5.89 Å². The van der Waals surface area contributed by atoms with E-state index in [9.17, 15) is 0 Å². The Morgan fingerprint density at radius 1 is 1.36 bits per heavy atom. The van der Waals surface area contributed by atoms with Crippen molar-refractivity contribution in [2.75, 3.05) is 20.8 Å². The molecule has 0 aliphatic rings. The lowest BCUT2D eigenvalue weighted by Gasteiger charge is -2.12. The van der Waals surface area contributed by atoms with E-state index in [2.05, 4.69) is 22.4 Å². The molecule has 0 fully saturated rings. The van der Waals surface area contributed by atoms with E-state index in [1.54, 1.807) is 13.2 Å². The van der Waals surface area contributed by atoms with Crippen LogP contribution < -0.4 is 14.8 Å². The van der Waals surface area contributed by atoms with Crippen LogP contribution in [0.1, 0.15) is 37.5 Å². The second kappa shape index (κ2) is 9.44. The van der Waals surface area contributed by atoms with Crippen LogP contribution in [-0.2, 0) is 6.42 Å². The highest BCUT2D eigenvalue weighted by Crippen LogP contribution is 2.37. The molecule has 0 saturated carbocycles. The quantitative estimate of drug-likeness (QED) is 0.728. The third-order valence-corrected chi connectivity index (χ3v) is 3.87. The van der Waals surface area contributed by atoms with E-state index in [1.165, 1.54) is 0 Å². The summed E-state index contributed by atoms with van der Waals surface area (Å²) in [6.45, 7) is 4.68. The average Bonchev–Trinajstić information content (AvgIpc) is 3.05. The molecule has 1 heterocycles. The topological polar surface area (TPSA) is 69.4 Å². The molecule has 136 valence electrons. The van der Waals surface area contributed by atoms with Gasteiger partial charge in [-0.25, -0.2) is 0 Å². The number of methoxy groups -OCH3 is 1. The second-order valence-corrected chi connectivity index (χ2v) is 6.07. The first-order valence-corrected chi connectivity index (χ1v) is 8.63. The van der Waals surface area contributed by atoms with E-state index < -0.39 is 0 Å². The molecule has 0 aliphatic carbocycles. The first-order valence-electron chi connectivity index (χ1n) is 8.25. The van der Waals surface area contributed by atoms with Crippen molar-refractivity contribution in [2.24, 2.45) is 0 Å². The average molecular weight is 366 g/mol. The number of nitrogens with one attached hydrogen (secondary N) is 1. The molecule has 0 bridgehead atoms. The molecule has 1 aromatic heterocycles. The summed E-state index contributed by atoms with van der Waals surface area (Å²) in [6.07, 6.45) is 5.19. The molecule has 0 amide bonds. The van der Waals surface area contributed by atoms with Gasteiger partial charge in [-0.1, -0.05) is 23.7 Å². The maximum atomic E-state index is 6.31. The largest absolute Gasteiger partial charge is 0.493 e. The minimum atomic E-state index is 0.285. The third-order valence-electron chi connectivity index (χ3n) is 3.59. The van der Waals surface area contributed by atoms with Crippen LogP contribution >= 0.6 is 11.6 Å². The molecule has 6 nitrogen and oxygen atoms in total. The molecule has 0 aliphatic heterocycles. The fraction of sp³-hybridized carbons (Fsp3) is 0.444. The van der Waals surface area contributed by atoms with Gasteiger partial charge in [0.15, 0.2) is 17.3 Å². The maximum absolute atomic E-state index is 6.31. The number of nitrogens with zero attached hydrogens (tertiary/aromatic N) is 2. The number of benzene rings is 1. The molecule has 0 radical (unpaired) electrons. The van der Waals surface area contributed by atoms with Crippen LogP contribution in [0.2, 0.25) is 5.02 Å². The molecule has 0 spiro atoms. The molecule has 1 N–H and O–H groups in total. The van der Waals surface area contributed by atoms with E-state index in [0.717, 1.165) is 12.0 Å². The van der Waals surface area contributed by atoms with Crippen molar-refractivity contribution >= 4 is 23.8 Å². The first-order chi connectivity index (χ1) is 12.1. The van der Waals surface area contributed by atoms with Crippen molar-refractivity contribution in [3.05, 3.63) is 34.4 Å². The Hall–Kier alpha value is -2.05. The van der Waals surface area contributed by atoms with E-state index >= 15 is 0 Å². The molecule has 7 heteroatoms. The van der Waals surface area contributed by atoms with E-state index in [0.29, 0.717) is 41.3 Å². The summed E-state index contributed by atoms with van der Waals surface area (Å²) >= 11 is 6.31. The third kappa shape index (κ3) is 5.47. The fourth-order valence-electron chi connectivity index (χ4n) is 2.14. The van der Waals surface area contributed by atoms with E-state index in [1.807, 2.05) is 32.2 Å². The number of aromatic nitrogens is 2. The van der Waals surface area contributed by atoms with Crippen LogP contribution in [0.25, 0.3) is 12.2 Å².